The Hall–Kier alpha value is -5.49. The van der Waals surface area contributed by atoms with Gasteiger partial charge in [0.25, 0.3) is 0 Å². The van der Waals surface area contributed by atoms with Gasteiger partial charge in [0, 0.05) is 43.7 Å². The van der Waals surface area contributed by atoms with Crippen LogP contribution in [0.1, 0.15) is 51.4 Å². The maximum atomic E-state index is 14.0. The number of thiazole rings is 1. The number of rotatable bonds is 23. The Morgan fingerprint density at radius 3 is 2.09 bits per heavy atom. The molecule has 66 heavy (non-hydrogen) atoms. The Labute approximate surface area is 391 Å². The van der Waals surface area contributed by atoms with Crippen molar-refractivity contribution in [1.29, 1.82) is 0 Å². The molecular formula is C50H64N6O9S. The van der Waals surface area contributed by atoms with Crippen molar-refractivity contribution >= 4 is 45.6 Å². The summed E-state index contributed by atoms with van der Waals surface area (Å²) in [7, 11) is 4.04. The molecule has 0 saturated carbocycles. The smallest absolute Gasteiger partial charge is 0.246 e. The number of amides is 3. The Bertz CT molecular complexity index is 2350. The van der Waals surface area contributed by atoms with Crippen molar-refractivity contribution < 1.29 is 43.2 Å². The van der Waals surface area contributed by atoms with Crippen LogP contribution in [0.2, 0.25) is 0 Å². The molecule has 3 N–H and O–H groups in total. The van der Waals surface area contributed by atoms with E-state index >= 15 is 0 Å². The van der Waals surface area contributed by atoms with Crippen molar-refractivity contribution in [2.75, 3.05) is 85.0 Å². The standard InChI is InChI=1S/C50H64N6O9S/c1-33(35-8-10-37(11-9-35)46-34(2)51-32-66-46)52-48(59)44-29-40(57)30-56(44)49(60)47(50(3,4)5)54-45(58)31-64-25-24-62-21-20-61-22-23-63-26-27-65-41-17-19-43-38(28-41)14-18-42(53-43)36-12-15-39(16-13-36)55(6)7/h8-19,28,32-33,40,44,47,57H,20-27,29-31H2,1-7H3,(H,52,59)(H,54,58)/t33-,40+,44-,47+/m0/s1. The number of fused-ring (bicyclic) bond motifs is 1. The fourth-order valence-corrected chi connectivity index (χ4v) is 8.36. The molecule has 3 heterocycles. The zero-order valence-electron chi connectivity index (χ0n) is 39.1. The van der Waals surface area contributed by atoms with Gasteiger partial charge in [0.05, 0.1) is 85.7 Å². The van der Waals surface area contributed by atoms with E-state index in [0.717, 1.165) is 55.3 Å². The van der Waals surface area contributed by atoms with Crippen LogP contribution in [0.5, 0.6) is 5.75 Å². The Kier molecular flexibility index (Phi) is 18.0. The van der Waals surface area contributed by atoms with Gasteiger partial charge in [-0.05, 0) is 66.8 Å². The number of carbonyl (C=O) groups is 3. The molecule has 1 aliphatic rings. The molecule has 15 nitrogen and oxygen atoms in total. The second kappa shape index (κ2) is 23.8. The van der Waals surface area contributed by atoms with Gasteiger partial charge in [-0.15, -0.1) is 11.3 Å². The number of hydrogen-bond donors (Lipinski definition) is 3. The molecule has 3 aromatic carbocycles. The molecule has 0 radical (unpaired) electrons. The van der Waals surface area contributed by atoms with Crippen molar-refractivity contribution in [3.8, 4) is 27.4 Å². The van der Waals surface area contributed by atoms with Gasteiger partial charge in [-0.25, -0.2) is 9.97 Å². The van der Waals surface area contributed by atoms with Gasteiger partial charge >= 0.3 is 0 Å². The molecule has 3 amide bonds. The number of carbonyl (C=O) groups excluding carboxylic acids is 3. The lowest BCUT2D eigenvalue weighted by Gasteiger charge is -2.35. The number of hydrogen-bond acceptors (Lipinski definition) is 13. The molecule has 6 rings (SSSR count). The first-order valence-electron chi connectivity index (χ1n) is 22.4. The fourth-order valence-electron chi connectivity index (χ4n) is 7.55. The molecular weight excluding hydrogens is 861 g/mol. The maximum absolute atomic E-state index is 14.0. The van der Waals surface area contributed by atoms with E-state index in [2.05, 4.69) is 50.8 Å². The molecule has 0 aliphatic carbocycles. The van der Waals surface area contributed by atoms with Crippen LogP contribution in [0.3, 0.4) is 0 Å². The van der Waals surface area contributed by atoms with Gasteiger partial charge in [0.1, 0.15) is 31.0 Å². The van der Waals surface area contributed by atoms with Crippen LogP contribution in [0, 0.1) is 12.3 Å². The zero-order chi connectivity index (χ0) is 47.2. The summed E-state index contributed by atoms with van der Waals surface area (Å²) in [6.07, 6.45) is -0.779. The predicted octanol–water partition coefficient (Wildman–Crippen LogP) is 6.22. The van der Waals surface area contributed by atoms with Crippen molar-refractivity contribution in [1.82, 2.24) is 25.5 Å². The summed E-state index contributed by atoms with van der Waals surface area (Å²) < 4.78 is 28.2. The number of anilines is 1. The van der Waals surface area contributed by atoms with E-state index < -0.39 is 35.4 Å². The monoisotopic (exact) mass is 924 g/mol. The highest BCUT2D eigenvalue weighted by molar-refractivity contribution is 7.13. The number of ether oxygens (including phenoxy) is 5. The van der Waals surface area contributed by atoms with Crippen molar-refractivity contribution in [3.63, 3.8) is 0 Å². The third-order valence-electron chi connectivity index (χ3n) is 11.2. The minimum absolute atomic E-state index is 0.0165. The molecule has 2 aromatic heterocycles. The Morgan fingerprint density at radius 2 is 1.47 bits per heavy atom. The molecule has 0 spiro atoms. The summed E-state index contributed by atoms with van der Waals surface area (Å²) in [6, 6.07) is 24.0. The van der Waals surface area contributed by atoms with E-state index in [-0.39, 0.29) is 44.7 Å². The number of benzene rings is 3. The van der Waals surface area contributed by atoms with Crippen LogP contribution in [-0.2, 0) is 33.3 Å². The van der Waals surface area contributed by atoms with Crippen LogP contribution in [0.15, 0.2) is 84.4 Å². The molecule has 4 atom stereocenters. The summed E-state index contributed by atoms with van der Waals surface area (Å²) in [5, 5.41) is 17.4. The second-order valence-electron chi connectivity index (χ2n) is 17.6. The molecule has 0 unspecified atom stereocenters. The Balaban J connectivity index is 0.817. The number of likely N-dealkylation sites (tertiary alicyclic amines) is 1. The highest BCUT2D eigenvalue weighted by Gasteiger charge is 2.44. The van der Waals surface area contributed by atoms with Crippen molar-refractivity contribution in [2.45, 2.75) is 65.3 Å². The number of nitrogens with one attached hydrogen (secondary N) is 2. The van der Waals surface area contributed by atoms with Crippen LogP contribution in [0.25, 0.3) is 32.6 Å². The highest BCUT2D eigenvalue weighted by Crippen LogP contribution is 2.30. The summed E-state index contributed by atoms with van der Waals surface area (Å²) in [5.41, 5.74) is 8.06. The van der Waals surface area contributed by atoms with E-state index in [1.165, 1.54) is 4.90 Å². The van der Waals surface area contributed by atoms with Gasteiger partial charge in [-0.3, -0.25) is 14.4 Å². The minimum atomic E-state index is -0.964. The van der Waals surface area contributed by atoms with Gasteiger partial charge < -0.3 is 49.2 Å². The predicted molar refractivity (Wildman–Crippen MR) is 257 cm³/mol. The fraction of sp³-hybridized carbons (Fsp3) is 0.460. The van der Waals surface area contributed by atoms with Crippen LogP contribution >= 0.6 is 11.3 Å². The van der Waals surface area contributed by atoms with Crippen LogP contribution in [-0.4, -0.2) is 136 Å². The molecule has 0 bridgehead atoms. The molecule has 16 heteroatoms. The van der Waals surface area contributed by atoms with E-state index in [0.29, 0.717) is 39.6 Å². The minimum Gasteiger partial charge on any atom is -0.491 e. The number of aliphatic hydroxyl groups excluding tert-OH is 1. The number of aryl methyl sites for hydroxylation is 1. The average molecular weight is 925 g/mol. The summed E-state index contributed by atoms with van der Waals surface area (Å²) in [4.78, 5) is 54.3. The lowest BCUT2D eigenvalue weighted by molar-refractivity contribution is -0.144. The van der Waals surface area contributed by atoms with Gasteiger partial charge in [-0.2, -0.15) is 0 Å². The quantitative estimate of drug-likeness (QED) is 0.0633. The summed E-state index contributed by atoms with van der Waals surface area (Å²) in [5.74, 6) is -0.538. The molecule has 5 aromatic rings. The number of pyridine rings is 1. The Morgan fingerprint density at radius 1 is 0.833 bits per heavy atom. The van der Waals surface area contributed by atoms with Crippen LogP contribution in [0.4, 0.5) is 5.69 Å². The third kappa shape index (κ3) is 14.0. The van der Waals surface area contributed by atoms with Gasteiger partial charge in [0.2, 0.25) is 17.7 Å². The van der Waals surface area contributed by atoms with Crippen LogP contribution < -0.4 is 20.3 Å². The average Bonchev–Trinajstić information content (AvgIpc) is 3.92. The first kappa shape index (κ1) is 49.9. The first-order valence-corrected chi connectivity index (χ1v) is 23.3. The van der Waals surface area contributed by atoms with E-state index in [1.54, 1.807) is 11.3 Å². The second-order valence-corrected chi connectivity index (χ2v) is 18.5. The summed E-state index contributed by atoms with van der Waals surface area (Å²) >= 11 is 1.57. The van der Waals surface area contributed by atoms with E-state index in [9.17, 15) is 19.5 Å². The van der Waals surface area contributed by atoms with Crippen molar-refractivity contribution in [2.24, 2.45) is 5.41 Å². The lowest BCUT2D eigenvalue weighted by atomic mass is 9.85. The first-order chi connectivity index (χ1) is 31.7. The molecule has 1 fully saturated rings. The summed E-state index contributed by atoms with van der Waals surface area (Å²) in [6.45, 7) is 11.8. The number of nitrogens with zero attached hydrogens (tertiary/aromatic N) is 4. The van der Waals surface area contributed by atoms with Gasteiger partial charge in [-0.1, -0.05) is 63.2 Å². The van der Waals surface area contributed by atoms with E-state index in [4.69, 9.17) is 28.7 Å². The topological polar surface area (TPSA) is 174 Å². The third-order valence-corrected chi connectivity index (χ3v) is 12.2. The van der Waals surface area contributed by atoms with Gasteiger partial charge in [0.15, 0.2) is 0 Å². The molecule has 1 aliphatic heterocycles. The number of aliphatic hydroxyl groups is 1. The maximum Gasteiger partial charge on any atom is 0.246 e. The number of aromatic nitrogens is 2. The zero-order valence-corrected chi connectivity index (χ0v) is 39.9. The van der Waals surface area contributed by atoms with E-state index in [1.807, 2.05) is 103 Å². The largest absolute Gasteiger partial charge is 0.491 e. The highest BCUT2D eigenvalue weighted by atomic mass is 32.1. The molecule has 354 valence electrons. The normalized spacial score (nSPS) is 16.0. The molecule has 1 saturated heterocycles. The number of β-amino-alcohol motifs (C(OH)–C–C–N with tert-alkyl or cyclic N) is 1. The SMILES string of the molecule is Cc1ncsc1-c1ccc([C@H](C)NC(=O)[C@@H]2C[C@@H](O)CN2C(=O)[C@@H](NC(=O)COCCOCCOCCOCCOc2ccc3nc(-c4ccc(N(C)C)cc4)ccc3c2)C(C)(C)C)cc1. The lowest BCUT2D eigenvalue weighted by Crippen LogP contribution is -2.58. The van der Waals surface area contributed by atoms with Crippen molar-refractivity contribution in [3.05, 3.63) is 95.6 Å².